The Bertz CT molecular complexity index is 169. The van der Waals surface area contributed by atoms with Crippen LogP contribution < -0.4 is 0 Å². The SMILES string of the molecule is Cc1cc[c-]c(F)c1.[Ce]. The van der Waals surface area contributed by atoms with Crippen LogP contribution in [0.2, 0.25) is 0 Å². The predicted molar refractivity (Wildman–Crippen MR) is 30.0 cm³/mol. The van der Waals surface area contributed by atoms with Gasteiger partial charge in [0.2, 0.25) is 0 Å². The number of aryl methyl sites for hydroxylation is 1. The molecule has 0 aliphatic heterocycles. The van der Waals surface area contributed by atoms with Gasteiger partial charge in [-0.2, -0.15) is 17.7 Å². The molecular weight excluding hydrogens is 243 g/mol. The maximum Gasteiger partial charge on any atom is 0.0111 e. The molecule has 0 bridgehead atoms. The average Bonchev–Trinajstić information content (AvgIpc) is 1.64. The van der Waals surface area contributed by atoms with Crippen molar-refractivity contribution in [3.63, 3.8) is 0 Å². The maximum atomic E-state index is 12.1. The zero-order valence-corrected chi connectivity index (χ0v) is 8.25. The molecule has 0 saturated carbocycles. The van der Waals surface area contributed by atoms with Crippen LogP contribution >= 0.6 is 0 Å². The Labute approximate surface area is 87.8 Å². The van der Waals surface area contributed by atoms with Crippen molar-refractivity contribution in [1.29, 1.82) is 0 Å². The van der Waals surface area contributed by atoms with Crippen molar-refractivity contribution in [3.8, 4) is 0 Å². The summed E-state index contributed by atoms with van der Waals surface area (Å²) in [5.41, 5.74) is 0.932. The van der Waals surface area contributed by atoms with Crippen molar-refractivity contribution in [3.05, 3.63) is 35.6 Å². The number of benzene rings is 1. The third kappa shape index (κ3) is 3.28. The minimum absolute atomic E-state index is 0. The molecule has 0 heterocycles. The van der Waals surface area contributed by atoms with Crippen LogP contribution in [0.25, 0.3) is 0 Å². The summed E-state index contributed by atoms with van der Waals surface area (Å²) in [5, 5.41) is 0. The molecule has 0 radical (unpaired) electrons. The Hall–Kier alpha value is 0.527. The third-order valence-corrected chi connectivity index (χ3v) is 0.922. The molecule has 0 unspecified atom stereocenters. The molecule has 46 valence electrons. The fourth-order valence-corrected chi connectivity index (χ4v) is 0.542. The summed E-state index contributed by atoms with van der Waals surface area (Å²) in [5.74, 6) is -0.287. The van der Waals surface area contributed by atoms with E-state index in [4.69, 9.17) is 0 Å². The van der Waals surface area contributed by atoms with Crippen LogP contribution in [0.15, 0.2) is 18.2 Å². The van der Waals surface area contributed by atoms with E-state index in [2.05, 4.69) is 6.07 Å². The molecule has 0 aliphatic rings. The minimum atomic E-state index is -0.287. The maximum absolute atomic E-state index is 12.1. The van der Waals surface area contributed by atoms with Gasteiger partial charge in [-0.3, -0.25) is 0 Å². The number of halogens is 1. The van der Waals surface area contributed by atoms with Crippen molar-refractivity contribution >= 4 is 0 Å². The van der Waals surface area contributed by atoms with Crippen LogP contribution in [0.5, 0.6) is 0 Å². The second-order valence-electron chi connectivity index (χ2n) is 1.71. The van der Waals surface area contributed by atoms with E-state index in [0.29, 0.717) is 0 Å². The first kappa shape index (κ1) is 9.53. The van der Waals surface area contributed by atoms with Crippen molar-refractivity contribution in [2.45, 2.75) is 6.92 Å². The summed E-state index contributed by atoms with van der Waals surface area (Å²) in [6, 6.07) is 7.23. The van der Waals surface area contributed by atoms with E-state index in [-0.39, 0.29) is 47.6 Å². The average molecular weight is 249 g/mol. The van der Waals surface area contributed by atoms with Crippen LogP contribution in [-0.4, -0.2) is 0 Å². The van der Waals surface area contributed by atoms with Crippen LogP contribution in [0.3, 0.4) is 0 Å². The normalized spacial score (nSPS) is 8.22. The first-order valence-corrected chi connectivity index (χ1v) is 2.43. The fourth-order valence-electron chi connectivity index (χ4n) is 0.542. The van der Waals surface area contributed by atoms with Gasteiger partial charge >= 0.3 is 0 Å². The largest absolute Gasteiger partial charge is 0.236 e. The molecule has 2 heteroatoms. The summed E-state index contributed by atoms with van der Waals surface area (Å²) in [6.45, 7) is 1.84. The zero-order chi connectivity index (χ0) is 5.98. The van der Waals surface area contributed by atoms with Crippen molar-refractivity contribution < 1.29 is 46.1 Å². The van der Waals surface area contributed by atoms with Gasteiger partial charge in [-0.15, -0.1) is 12.1 Å². The summed E-state index contributed by atoms with van der Waals surface area (Å²) >= 11 is 0. The van der Waals surface area contributed by atoms with Crippen LogP contribution in [0.1, 0.15) is 5.56 Å². The van der Waals surface area contributed by atoms with Gasteiger partial charge in [0.1, 0.15) is 0 Å². The Balaban J connectivity index is 0.000000640. The molecule has 1 rings (SSSR count). The van der Waals surface area contributed by atoms with Gasteiger partial charge in [0, 0.05) is 47.6 Å². The molecule has 0 spiro atoms. The molecule has 0 nitrogen and oxygen atoms in total. The van der Waals surface area contributed by atoms with Crippen LogP contribution in [0, 0.1) is 60.6 Å². The Kier molecular flexibility index (Phi) is 4.61. The molecule has 9 heavy (non-hydrogen) atoms. The van der Waals surface area contributed by atoms with E-state index in [1.807, 2.05) is 13.0 Å². The fraction of sp³-hybridized carbons (Fsp3) is 0.143. The summed E-state index contributed by atoms with van der Waals surface area (Å²) in [7, 11) is 0. The van der Waals surface area contributed by atoms with E-state index in [1.165, 1.54) is 6.07 Å². The van der Waals surface area contributed by atoms with E-state index >= 15 is 0 Å². The topological polar surface area (TPSA) is 0 Å². The first-order valence-electron chi connectivity index (χ1n) is 2.43. The Morgan fingerprint density at radius 3 is 2.56 bits per heavy atom. The van der Waals surface area contributed by atoms with Gasteiger partial charge in [-0.1, -0.05) is 6.92 Å². The molecule has 0 aliphatic carbocycles. The summed E-state index contributed by atoms with van der Waals surface area (Å²) < 4.78 is 12.1. The molecule has 0 fully saturated rings. The van der Waals surface area contributed by atoms with E-state index in [9.17, 15) is 4.39 Å². The number of hydrogen-bond acceptors (Lipinski definition) is 0. The third-order valence-electron chi connectivity index (χ3n) is 0.922. The van der Waals surface area contributed by atoms with Crippen LogP contribution in [-0.2, 0) is 0 Å². The van der Waals surface area contributed by atoms with Crippen molar-refractivity contribution in [1.82, 2.24) is 0 Å². The Morgan fingerprint density at radius 1 is 1.56 bits per heavy atom. The number of rotatable bonds is 0. The molecule has 1 aromatic rings. The molecular formula is C7H6CeF-. The molecule has 0 saturated heterocycles. The van der Waals surface area contributed by atoms with Gasteiger partial charge in [-0.05, 0) is 0 Å². The molecule has 0 atom stereocenters. The Morgan fingerprint density at radius 2 is 2.22 bits per heavy atom. The quantitative estimate of drug-likeness (QED) is 0.616. The standard InChI is InChI=1S/C7H6F.Ce/c1-6-3-2-4-7(8)5-6;/h2-3,5H,1H3;/q-1;. The van der Waals surface area contributed by atoms with Gasteiger partial charge in [0.15, 0.2) is 0 Å². The van der Waals surface area contributed by atoms with Crippen molar-refractivity contribution in [2.75, 3.05) is 0 Å². The zero-order valence-electron chi connectivity index (χ0n) is 5.11. The summed E-state index contributed by atoms with van der Waals surface area (Å²) in [6.07, 6.45) is 0. The molecule has 0 N–H and O–H groups in total. The van der Waals surface area contributed by atoms with E-state index < -0.39 is 0 Å². The van der Waals surface area contributed by atoms with Gasteiger partial charge in [-0.25, -0.2) is 4.39 Å². The molecule has 0 aromatic heterocycles. The summed E-state index contributed by atoms with van der Waals surface area (Å²) in [4.78, 5) is 0. The van der Waals surface area contributed by atoms with E-state index in [1.54, 1.807) is 6.07 Å². The van der Waals surface area contributed by atoms with Gasteiger partial charge < -0.3 is 0 Å². The predicted octanol–water partition coefficient (Wildman–Crippen LogP) is 1.93. The molecule has 1 aromatic carbocycles. The second kappa shape index (κ2) is 4.36. The number of hydrogen-bond donors (Lipinski definition) is 0. The monoisotopic (exact) mass is 249 g/mol. The van der Waals surface area contributed by atoms with Crippen molar-refractivity contribution in [2.24, 2.45) is 0 Å². The molecule has 0 amide bonds. The second-order valence-corrected chi connectivity index (χ2v) is 1.71. The smallest absolute Gasteiger partial charge is 0.0111 e. The minimum Gasteiger partial charge on any atom is -0.236 e. The van der Waals surface area contributed by atoms with Gasteiger partial charge in [0.25, 0.3) is 0 Å². The first-order chi connectivity index (χ1) is 3.79. The van der Waals surface area contributed by atoms with Crippen LogP contribution in [0.4, 0.5) is 4.39 Å². The van der Waals surface area contributed by atoms with Gasteiger partial charge in [0.05, 0.1) is 0 Å². The van der Waals surface area contributed by atoms with E-state index in [0.717, 1.165) is 5.56 Å².